The van der Waals surface area contributed by atoms with Gasteiger partial charge in [-0.3, -0.25) is 4.79 Å². The molecule has 3 N–H and O–H groups in total. The van der Waals surface area contributed by atoms with Crippen molar-refractivity contribution in [2.75, 3.05) is 11.9 Å². The minimum absolute atomic E-state index is 0.502. The van der Waals surface area contributed by atoms with Crippen LogP contribution >= 0.6 is 0 Å². The zero-order chi connectivity index (χ0) is 13.2. The Morgan fingerprint density at radius 1 is 1.44 bits per heavy atom. The molecule has 0 fully saturated rings. The van der Waals surface area contributed by atoms with Crippen molar-refractivity contribution < 1.29 is 9.90 Å². The van der Waals surface area contributed by atoms with Gasteiger partial charge in [0.15, 0.2) is 11.5 Å². The number of nitrogens with one attached hydrogen (secondary N) is 2. The number of carboxylic acids is 1. The summed E-state index contributed by atoms with van der Waals surface area (Å²) in [5.41, 5.74) is 0.559. The summed E-state index contributed by atoms with van der Waals surface area (Å²) in [6.45, 7) is 3.91. The Labute approximate surface area is 104 Å². The van der Waals surface area contributed by atoms with Gasteiger partial charge in [0, 0.05) is 6.54 Å². The number of imidazole rings is 1. The van der Waals surface area contributed by atoms with E-state index in [1.165, 1.54) is 6.33 Å². The molecule has 2 aromatic rings. The molecule has 0 atom stereocenters. The summed E-state index contributed by atoms with van der Waals surface area (Å²) >= 11 is 0. The topological polar surface area (TPSA) is 104 Å². The molecule has 0 amide bonds. The number of aliphatic carboxylic acids is 1. The average molecular weight is 249 g/mol. The Kier molecular flexibility index (Phi) is 3.14. The van der Waals surface area contributed by atoms with E-state index in [4.69, 9.17) is 5.11 Å². The summed E-state index contributed by atoms with van der Waals surface area (Å²) in [6, 6.07) is 0. The van der Waals surface area contributed by atoms with E-state index in [0.717, 1.165) is 5.52 Å². The van der Waals surface area contributed by atoms with Crippen molar-refractivity contribution >= 4 is 23.0 Å². The van der Waals surface area contributed by atoms with Gasteiger partial charge in [-0.1, -0.05) is 0 Å². The van der Waals surface area contributed by atoms with E-state index < -0.39 is 11.4 Å². The van der Waals surface area contributed by atoms with Crippen molar-refractivity contribution in [2.45, 2.75) is 20.3 Å². The summed E-state index contributed by atoms with van der Waals surface area (Å²) in [5, 5.41) is 12.1. The third-order valence-corrected chi connectivity index (χ3v) is 2.84. The molecule has 0 bridgehead atoms. The second kappa shape index (κ2) is 4.59. The second-order valence-electron chi connectivity index (χ2n) is 4.69. The van der Waals surface area contributed by atoms with Gasteiger partial charge in [0.1, 0.15) is 11.8 Å². The maximum atomic E-state index is 11.0. The van der Waals surface area contributed by atoms with Crippen LogP contribution in [-0.4, -0.2) is 37.6 Å². The van der Waals surface area contributed by atoms with Crippen LogP contribution in [0.1, 0.15) is 20.3 Å². The summed E-state index contributed by atoms with van der Waals surface area (Å²) in [7, 11) is 0. The fourth-order valence-corrected chi connectivity index (χ4v) is 1.50. The highest BCUT2D eigenvalue weighted by Gasteiger charge is 2.26. The van der Waals surface area contributed by atoms with Gasteiger partial charge in [-0.2, -0.15) is 0 Å². The van der Waals surface area contributed by atoms with Crippen LogP contribution in [0.5, 0.6) is 0 Å². The van der Waals surface area contributed by atoms with Gasteiger partial charge in [0.25, 0.3) is 0 Å². The van der Waals surface area contributed by atoms with E-state index in [9.17, 15) is 4.79 Å². The number of carboxylic acid groups (broad SMARTS) is 1. The van der Waals surface area contributed by atoms with Crippen molar-refractivity contribution in [1.82, 2.24) is 19.9 Å². The molecule has 0 radical (unpaired) electrons. The maximum Gasteiger partial charge on any atom is 0.309 e. The van der Waals surface area contributed by atoms with E-state index in [-0.39, 0.29) is 0 Å². The zero-order valence-corrected chi connectivity index (χ0v) is 10.3. The molecule has 7 nitrogen and oxygen atoms in total. The minimum atomic E-state index is -0.807. The molecule has 0 unspecified atom stereocenters. The molecule has 0 aliphatic rings. The Hall–Kier alpha value is -2.18. The standard InChI is InChI=1S/C11H15N5O2/c1-11(2,10(17)18)3-4-12-8-7-9(14-5-13-7)16-6-15-8/h5-6H,3-4H2,1-2H3,(H,17,18)(H2,12,13,14,15,16). The molecule has 0 saturated carbocycles. The van der Waals surface area contributed by atoms with Gasteiger partial charge < -0.3 is 15.4 Å². The van der Waals surface area contributed by atoms with Crippen LogP contribution in [0.2, 0.25) is 0 Å². The third-order valence-electron chi connectivity index (χ3n) is 2.84. The minimum Gasteiger partial charge on any atom is -0.481 e. The van der Waals surface area contributed by atoms with Crippen LogP contribution in [0.15, 0.2) is 12.7 Å². The number of H-pyrrole nitrogens is 1. The van der Waals surface area contributed by atoms with Crippen LogP contribution in [0.25, 0.3) is 11.2 Å². The Morgan fingerprint density at radius 3 is 2.94 bits per heavy atom. The lowest BCUT2D eigenvalue weighted by Gasteiger charge is -2.19. The van der Waals surface area contributed by atoms with Crippen molar-refractivity contribution in [3.8, 4) is 0 Å². The molecule has 0 aliphatic carbocycles. The molecule has 0 saturated heterocycles. The molecule has 0 aliphatic heterocycles. The second-order valence-corrected chi connectivity index (χ2v) is 4.69. The molecular weight excluding hydrogens is 234 g/mol. The predicted octanol–water partition coefficient (Wildman–Crippen LogP) is 1.27. The first kappa shape index (κ1) is 12.3. The number of nitrogens with zero attached hydrogens (tertiary/aromatic N) is 3. The number of rotatable bonds is 5. The Balaban J connectivity index is 2.03. The van der Waals surface area contributed by atoms with Crippen LogP contribution in [0.3, 0.4) is 0 Å². The first-order valence-corrected chi connectivity index (χ1v) is 5.62. The number of aromatic amines is 1. The number of aromatic nitrogens is 4. The number of hydrogen-bond acceptors (Lipinski definition) is 5. The number of anilines is 1. The number of carbonyl (C=O) groups is 1. The SMILES string of the molecule is CC(C)(CCNc1ncnc2nc[nH]c12)C(=O)O. The van der Waals surface area contributed by atoms with E-state index >= 15 is 0 Å². The van der Waals surface area contributed by atoms with E-state index in [2.05, 4.69) is 25.3 Å². The quantitative estimate of drug-likeness (QED) is 0.737. The van der Waals surface area contributed by atoms with Crippen LogP contribution in [-0.2, 0) is 4.79 Å². The number of fused-ring (bicyclic) bond motifs is 1. The van der Waals surface area contributed by atoms with Gasteiger partial charge in [0.2, 0.25) is 0 Å². The number of hydrogen-bond donors (Lipinski definition) is 3. The van der Waals surface area contributed by atoms with E-state index in [0.29, 0.717) is 24.4 Å². The van der Waals surface area contributed by atoms with Crippen molar-refractivity contribution in [3.63, 3.8) is 0 Å². The average Bonchev–Trinajstić information content (AvgIpc) is 2.77. The molecule has 2 aromatic heterocycles. The van der Waals surface area contributed by atoms with E-state index in [1.54, 1.807) is 20.2 Å². The van der Waals surface area contributed by atoms with Crippen molar-refractivity contribution in [2.24, 2.45) is 5.41 Å². The first-order chi connectivity index (χ1) is 8.50. The van der Waals surface area contributed by atoms with Crippen LogP contribution in [0, 0.1) is 5.41 Å². The molecule has 96 valence electrons. The highest BCUT2D eigenvalue weighted by molar-refractivity contribution is 5.81. The molecule has 0 aromatic carbocycles. The fraction of sp³-hybridized carbons (Fsp3) is 0.455. The first-order valence-electron chi connectivity index (χ1n) is 5.62. The molecule has 2 rings (SSSR count). The normalized spacial score (nSPS) is 11.7. The van der Waals surface area contributed by atoms with Crippen molar-refractivity contribution in [1.29, 1.82) is 0 Å². The van der Waals surface area contributed by atoms with Gasteiger partial charge in [0.05, 0.1) is 11.7 Å². The Morgan fingerprint density at radius 2 is 2.22 bits per heavy atom. The van der Waals surface area contributed by atoms with Crippen LogP contribution in [0.4, 0.5) is 5.82 Å². The Bertz CT molecular complexity index is 563. The largest absolute Gasteiger partial charge is 0.481 e. The highest BCUT2D eigenvalue weighted by atomic mass is 16.4. The van der Waals surface area contributed by atoms with E-state index in [1.807, 2.05) is 0 Å². The smallest absolute Gasteiger partial charge is 0.309 e. The maximum absolute atomic E-state index is 11.0. The molecule has 18 heavy (non-hydrogen) atoms. The summed E-state index contributed by atoms with van der Waals surface area (Å²) in [6.07, 6.45) is 3.47. The monoisotopic (exact) mass is 249 g/mol. The molecule has 2 heterocycles. The lowest BCUT2D eigenvalue weighted by Crippen LogP contribution is -2.26. The lowest BCUT2D eigenvalue weighted by atomic mass is 9.90. The fourth-order valence-electron chi connectivity index (χ4n) is 1.50. The zero-order valence-electron chi connectivity index (χ0n) is 10.3. The highest BCUT2D eigenvalue weighted by Crippen LogP contribution is 2.21. The van der Waals surface area contributed by atoms with Crippen LogP contribution < -0.4 is 5.32 Å². The third kappa shape index (κ3) is 2.39. The summed E-state index contributed by atoms with van der Waals surface area (Å²) in [5.74, 6) is -0.169. The molecular formula is C11H15N5O2. The van der Waals surface area contributed by atoms with Gasteiger partial charge in [-0.25, -0.2) is 15.0 Å². The molecule has 7 heteroatoms. The summed E-state index contributed by atoms with van der Waals surface area (Å²) in [4.78, 5) is 26.0. The predicted molar refractivity (Wildman–Crippen MR) is 66.2 cm³/mol. The lowest BCUT2D eigenvalue weighted by molar-refractivity contribution is -0.147. The molecule has 0 spiro atoms. The van der Waals surface area contributed by atoms with Crippen molar-refractivity contribution in [3.05, 3.63) is 12.7 Å². The van der Waals surface area contributed by atoms with Gasteiger partial charge in [-0.15, -0.1) is 0 Å². The van der Waals surface area contributed by atoms with Gasteiger partial charge in [-0.05, 0) is 20.3 Å². The van der Waals surface area contributed by atoms with Gasteiger partial charge >= 0.3 is 5.97 Å². The summed E-state index contributed by atoms with van der Waals surface area (Å²) < 4.78 is 0.